The summed E-state index contributed by atoms with van der Waals surface area (Å²) in [7, 11) is 0. The monoisotopic (exact) mass is 149 g/mol. The molecule has 2 heteroatoms. The lowest BCUT2D eigenvalue weighted by Crippen LogP contribution is -1.66. The molecule has 1 aliphatic heterocycles. The maximum atomic E-state index is 3.06. The first-order chi connectivity index (χ1) is 4.97. The Morgan fingerprint density at radius 1 is 1.00 bits per heavy atom. The van der Waals surface area contributed by atoms with Crippen LogP contribution in [0.15, 0.2) is 23.2 Å². The molecule has 2 heterocycles. The lowest BCUT2D eigenvalue weighted by Gasteiger charge is -1.84. The second-order valence-corrected chi connectivity index (χ2v) is 2.92. The zero-order chi connectivity index (χ0) is 6.81. The van der Waals surface area contributed by atoms with E-state index < -0.39 is 0 Å². The van der Waals surface area contributed by atoms with Gasteiger partial charge in [-0.15, -0.1) is 11.8 Å². The van der Waals surface area contributed by atoms with Crippen LogP contribution in [0.4, 0.5) is 0 Å². The molecule has 0 bridgehead atoms. The molecule has 1 aromatic rings. The number of hydrogen-bond donors (Lipinski definition) is 1. The fourth-order valence-electron chi connectivity index (χ4n) is 0.947. The maximum absolute atomic E-state index is 3.06. The molecule has 0 atom stereocenters. The van der Waals surface area contributed by atoms with E-state index in [0.29, 0.717) is 0 Å². The third-order valence-corrected chi connectivity index (χ3v) is 2.05. The van der Waals surface area contributed by atoms with E-state index in [4.69, 9.17) is 0 Å². The van der Waals surface area contributed by atoms with Crippen LogP contribution in [0.3, 0.4) is 0 Å². The second kappa shape index (κ2) is 2.39. The van der Waals surface area contributed by atoms with Crippen molar-refractivity contribution in [1.82, 2.24) is 4.98 Å². The van der Waals surface area contributed by atoms with Gasteiger partial charge in [0.1, 0.15) is 0 Å². The Labute approximate surface area is 63.8 Å². The maximum Gasteiger partial charge on any atom is 0.00845 e. The van der Waals surface area contributed by atoms with Gasteiger partial charge in [-0.3, -0.25) is 0 Å². The lowest BCUT2D eigenvalue weighted by molar-refractivity contribution is 1.41. The first-order valence-electron chi connectivity index (χ1n) is 3.12. The Morgan fingerprint density at radius 2 is 1.60 bits per heavy atom. The van der Waals surface area contributed by atoms with Crippen molar-refractivity contribution >= 4 is 23.9 Å². The van der Waals surface area contributed by atoms with Gasteiger partial charge in [-0.1, -0.05) is 0 Å². The molecule has 0 unspecified atom stereocenters. The Kier molecular flexibility index (Phi) is 1.40. The highest BCUT2D eigenvalue weighted by Crippen LogP contribution is 2.20. The molecular formula is C8H7NS. The van der Waals surface area contributed by atoms with Crippen molar-refractivity contribution in [2.24, 2.45) is 0 Å². The van der Waals surface area contributed by atoms with Gasteiger partial charge >= 0.3 is 0 Å². The lowest BCUT2D eigenvalue weighted by atomic mass is 10.2. The van der Waals surface area contributed by atoms with E-state index in [1.807, 2.05) is 12.4 Å². The van der Waals surface area contributed by atoms with Gasteiger partial charge in [0.2, 0.25) is 0 Å². The molecule has 0 saturated heterocycles. The molecule has 2 rings (SSSR count). The van der Waals surface area contributed by atoms with E-state index in [0.717, 1.165) is 0 Å². The van der Waals surface area contributed by atoms with Crippen LogP contribution in [0.25, 0.3) is 12.2 Å². The molecule has 1 N–H and O–H groups in total. The van der Waals surface area contributed by atoms with Gasteiger partial charge in [-0.25, -0.2) is 0 Å². The number of H-pyrrole nitrogens is 1. The van der Waals surface area contributed by atoms with Crippen LogP contribution in [0.5, 0.6) is 0 Å². The molecule has 1 nitrogen and oxygen atoms in total. The highest BCUT2D eigenvalue weighted by molar-refractivity contribution is 8.05. The SMILES string of the molecule is C1=Cc2c[nH]cc2C=CS1. The van der Waals surface area contributed by atoms with Gasteiger partial charge < -0.3 is 4.98 Å². The van der Waals surface area contributed by atoms with Crippen LogP contribution in [0, 0.1) is 0 Å². The average molecular weight is 149 g/mol. The summed E-state index contributed by atoms with van der Waals surface area (Å²) in [6.07, 6.45) is 8.22. The van der Waals surface area contributed by atoms with E-state index in [2.05, 4.69) is 28.0 Å². The summed E-state index contributed by atoms with van der Waals surface area (Å²) >= 11 is 1.70. The Bertz CT molecular complexity index is 257. The van der Waals surface area contributed by atoms with Gasteiger partial charge in [0.05, 0.1) is 0 Å². The number of aromatic amines is 1. The molecule has 0 aliphatic carbocycles. The molecule has 0 spiro atoms. The second-order valence-electron chi connectivity index (χ2n) is 2.11. The number of rotatable bonds is 0. The summed E-state index contributed by atoms with van der Waals surface area (Å²) in [4.78, 5) is 3.06. The van der Waals surface area contributed by atoms with Crippen molar-refractivity contribution in [2.45, 2.75) is 0 Å². The summed E-state index contributed by atoms with van der Waals surface area (Å²) in [5.41, 5.74) is 2.53. The molecule has 1 aliphatic rings. The number of thioether (sulfide) groups is 1. The average Bonchev–Trinajstić information content (AvgIpc) is 2.28. The summed E-state index contributed by atoms with van der Waals surface area (Å²) in [6.45, 7) is 0. The number of aromatic nitrogens is 1. The number of fused-ring (bicyclic) bond motifs is 1. The molecule has 0 amide bonds. The quantitative estimate of drug-likeness (QED) is 0.599. The molecule has 50 valence electrons. The van der Waals surface area contributed by atoms with Crippen LogP contribution in [0.1, 0.15) is 11.1 Å². The number of hydrogen-bond acceptors (Lipinski definition) is 1. The molecule has 1 aromatic heterocycles. The molecule has 0 radical (unpaired) electrons. The Morgan fingerprint density at radius 3 is 2.20 bits per heavy atom. The molecule has 0 aromatic carbocycles. The van der Waals surface area contributed by atoms with Crippen molar-refractivity contribution in [3.8, 4) is 0 Å². The number of nitrogens with one attached hydrogen (secondary N) is 1. The minimum Gasteiger partial charge on any atom is -0.366 e. The van der Waals surface area contributed by atoms with Gasteiger partial charge in [0.25, 0.3) is 0 Å². The molecule has 0 saturated carbocycles. The predicted molar refractivity (Wildman–Crippen MR) is 46.5 cm³/mol. The van der Waals surface area contributed by atoms with E-state index in [-0.39, 0.29) is 0 Å². The Balaban J connectivity index is 2.56. The van der Waals surface area contributed by atoms with Crippen LogP contribution in [0.2, 0.25) is 0 Å². The smallest absolute Gasteiger partial charge is 0.00845 e. The largest absolute Gasteiger partial charge is 0.366 e. The first kappa shape index (κ1) is 5.86. The fourth-order valence-corrected chi connectivity index (χ4v) is 1.49. The van der Waals surface area contributed by atoms with Crippen LogP contribution in [-0.4, -0.2) is 4.98 Å². The zero-order valence-corrected chi connectivity index (χ0v) is 6.19. The van der Waals surface area contributed by atoms with Gasteiger partial charge in [0.15, 0.2) is 0 Å². The topological polar surface area (TPSA) is 15.8 Å². The van der Waals surface area contributed by atoms with Gasteiger partial charge in [-0.2, -0.15) is 0 Å². The van der Waals surface area contributed by atoms with Crippen molar-refractivity contribution in [2.75, 3.05) is 0 Å². The predicted octanol–water partition coefficient (Wildman–Crippen LogP) is 2.70. The molecule has 0 fully saturated rings. The normalized spacial score (nSPS) is 14.8. The summed E-state index contributed by atoms with van der Waals surface area (Å²) in [6, 6.07) is 0. The van der Waals surface area contributed by atoms with Gasteiger partial charge in [0, 0.05) is 12.4 Å². The fraction of sp³-hybridized carbons (Fsp3) is 0. The van der Waals surface area contributed by atoms with Crippen molar-refractivity contribution in [1.29, 1.82) is 0 Å². The van der Waals surface area contributed by atoms with E-state index in [9.17, 15) is 0 Å². The summed E-state index contributed by atoms with van der Waals surface area (Å²) < 4.78 is 0. The highest BCUT2D eigenvalue weighted by atomic mass is 32.2. The van der Waals surface area contributed by atoms with Crippen LogP contribution < -0.4 is 0 Å². The molecular weight excluding hydrogens is 142 g/mol. The third-order valence-electron chi connectivity index (χ3n) is 1.46. The Hall–Kier alpha value is -0.890. The van der Waals surface area contributed by atoms with E-state index >= 15 is 0 Å². The van der Waals surface area contributed by atoms with Crippen molar-refractivity contribution < 1.29 is 0 Å². The van der Waals surface area contributed by atoms with Gasteiger partial charge in [-0.05, 0) is 34.1 Å². The summed E-state index contributed by atoms with van der Waals surface area (Å²) in [5, 5.41) is 4.16. The van der Waals surface area contributed by atoms with Crippen LogP contribution in [-0.2, 0) is 0 Å². The van der Waals surface area contributed by atoms with E-state index in [1.165, 1.54) is 11.1 Å². The zero-order valence-electron chi connectivity index (χ0n) is 5.37. The van der Waals surface area contributed by atoms with Crippen molar-refractivity contribution in [3.05, 3.63) is 34.3 Å². The minimum absolute atomic E-state index is 1.27. The third kappa shape index (κ3) is 0.907. The minimum atomic E-state index is 1.27. The van der Waals surface area contributed by atoms with Crippen molar-refractivity contribution in [3.63, 3.8) is 0 Å². The first-order valence-corrected chi connectivity index (χ1v) is 4.06. The standard InChI is InChI=1S/C8H7NS/c1-3-10-4-2-8-6-9-5-7(1)8/h1-6,9H. The van der Waals surface area contributed by atoms with E-state index in [1.54, 1.807) is 11.8 Å². The highest BCUT2D eigenvalue weighted by Gasteiger charge is 1.97. The molecule has 10 heavy (non-hydrogen) atoms. The summed E-state index contributed by atoms with van der Waals surface area (Å²) in [5.74, 6) is 0. The van der Waals surface area contributed by atoms with Crippen LogP contribution >= 0.6 is 11.8 Å².